The van der Waals surface area contributed by atoms with Gasteiger partial charge in [-0.15, -0.1) is 33.2 Å². The lowest BCUT2D eigenvalue weighted by molar-refractivity contribution is 1.76. The molecular weight excluding hydrogens is 231 g/mol. The van der Waals surface area contributed by atoms with Crippen LogP contribution in [0.4, 0.5) is 0 Å². The molecule has 3 rings (SSSR count). The molecule has 0 aromatic heterocycles. The second kappa shape index (κ2) is 4.93. The average molecular weight is 237 g/mol. The van der Waals surface area contributed by atoms with Crippen molar-refractivity contribution in [3.05, 3.63) is 36.4 Å². The first kappa shape index (κ1) is 10.1. The first-order valence-corrected chi connectivity index (χ1v) is 7.83. The molecule has 3 aromatic rings. The lowest BCUT2D eigenvalue weighted by atomic mass is 10.1. The van der Waals surface area contributed by atoms with E-state index in [0.29, 0.717) is 0 Å². The monoisotopic (exact) mass is 235 g/mol. The van der Waals surface area contributed by atoms with E-state index in [-0.39, 0.29) is 0 Å². The summed E-state index contributed by atoms with van der Waals surface area (Å²) in [5, 5.41) is 2.61. The highest BCUT2D eigenvalue weighted by Gasteiger charge is 1.88. The van der Waals surface area contributed by atoms with Crippen LogP contribution in [0, 0.1) is 0 Å². The highest BCUT2D eigenvalue weighted by atomic mass is 35.8. The number of rotatable bonds is 0. The maximum atomic E-state index is 4.91. The highest BCUT2D eigenvalue weighted by molar-refractivity contribution is 7.54. The molecule has 0 heterocycles. The molecule has 0 saturated heterocycles. The lowest BCUT2D eigenvalue weighted by Gasteiger charge is -1.92. The molecule has 0 saturated carbocycles. The molecule has 0 unspecified atom stereocenters. The molecule has 63 valence electrons. The molecular formula is C8H6Cl3Si. The Kier molecular flexibility index (Phi) is 4.16. The Morgan fingerprint density at radius 2 is 0.833 bits per heavy atom. The maximum absolute atomic E-state index is 4.91. The van der Waals surface area contributed by atoms with Gasteiger partial charge in [0, 0.05) is 0 Å². The van der Waals surface area contributed by atoms with Crippen molar-refractivity contribution in [3.63, 3.8) is 0 Å². The van der Waals surface area contributed by atoms with Gasteiger partial charge in [0.05, 0.1) is 0 Å². The normalized spacial score (nSPS) is 10.0. The summed E-state index contributed by atoms with van der Waals surface area (Å²) in [6, 6.07) is 12.7. The van der Waals surface area contributed by atoms with Crippen LogP contribution in [-0.4, -0.2) is 6.73 Å². The first-order valence-electron chi connectivity index (χ1n) is 3.30. The second-order valence-electron chi connectivity index (χ2n) is 2.21. The molecule has 0 aliphatic rings. The van der Waals surface area contributed by atoms with E-state index in [0.717, 1.165) is 0 Å². The fourth-order valence-electron chi connectivity index (χ4n) is 0.911. The summed E-state index contributed by atoms with van der Waals surface area (Å²) >= 11 is 14.7. The molecule has 4 heteroatoms. The third-order valence-electron chi connectivity index (χ3n) is 1.40. The van der Waals surface area contributed by atoms with Gasteiger partial charge in [0.1, 0.15) is 0 Å². The second-order valence-corrected chi connectivity index (χ2v) is 7.79. The van der Waals surface area contributed by atoms with E-state index in [2.05, 4.69) is 36.4 Å². The van der Waals surface area contributed by atoms with E-state index in [1.165, 1.54) is 10.8 Å². The van der Waals surface area contributed by atoms with Crippen LogP contribution in [0.3, 0.4) is 0 Å². The summed E-state index contributed by atoms with van der Waals surface area (Å²) in [5.74, 6) is 0. The van der Waals surface area contributed by atoms with E-state index in [1.807, 2.05) is 0 Å². The zero-order valence-electron chi connectivity index (χ0n) is 6.10. The van der Waals surface area contributed by atoms with E-state index < -0.39 is 6.73 Å². The summed E-state index contributed by atoms with van der Waals surface area (Å²) in [6.45, 7) is -1.46. The number of benzene rings is 3. The number of fused-ring (bicyclic) bond motifs is 3. The van der Waals surface area contributed by atoms with Crippen LogP contribution in [0.2, 0.25) is 0 Å². The standard InChI is InChI=1S/C8H6.Cl3Si/c1-2-8-5-3-7(1)4-6-8;1-4(2)3/h1-6H;. The van der Waals surface area contributed by atoms with Gasteiger partial charge in [0.25, 0.3) is 0 Å². The highest BCUT2D eigenvalue weighted by Crippen LogP contribution is 2.09. The minimum atomic E-state index is -1.46. The van der Waals surface area contributed by atoms with Gasteiger partial charge in [-0.25, -0.2) is 0 Å². The van der Waals surface area contributed by atoms with E-state index in [9.17, 15) is 0 Å². The van der Waals surface area contributed by atoms with Gasteiger partial charge in [-0.2, -0.15) is 0 Å². The first-order chi connectivity index (χ1) is 5.68. The summed E-state index contributed by atoms with van der Waals surface area (Å²) in [6.07, 6.45) is 0. The van der Waals surface area contributed by atoms with Crippen molar-refractivity contribution >= 4 is 50.7 Å². The molecule has 0 atom stereocenters. The lowest BCUT2D eigenvalue weighted by Crippen LogP contribution is -1.67. The fraction of sp³-hybridized carbons (Fsp3) is 0. The third-order valence-corrected chi connectivity index (χ3v) is 1.40. The third kappa shape index (κ3) is 3.63. The zero-order valence-corrected chi connectivity index (χ0v) is 9.37. The van der Waals surface area contributed by atoms with Crippen molar-refractivity contribution < 1.29 is 0 Å². The van der Waals surface area contributed by atoms with Crippen LogP contribution in [0.1, 0.15) is 0 Å². The average Bonchev–Trinajstić information content (AvgIpc) is 2.07. The van der Waals surface area contributed by atoms with Gasteiger partial charge in [0.15, 0.2) is 0 Å². The van der Waals surface area contributed by atoms with Gasteiger partial charge in [-0.1, -0.05) is 36.4 Å². The molecule has 2 bridgehead atoms. The Labute approximate surface area is 87.1 Å². The van der Waals surface area contributed by atoms with Gasteiger partial charge in [0.2, 0.25) is 0 Å². The van der Waals surface area contributed by atoms with Gasteiger partial charge in [-0.3, -0.25) is 0 Å². The molecule has 0 spiro atoms. The van der Waals surface area contributed by atoms with Crippen LogP contribution < -0.4 is 0 Å². The number of hydrogen-bond donors (Lipinski definition) is 0. The SMILES string of the molecule is Cl[Si](Cl)Cl.c1cc2ccc1cc2. The van der Waals surface area contributed by atoms with Crippen LogP contribution >= 0.6 is 33.2 Å². The van der Waals surface area contributed by atoms with Crippen molar-refractivity contribution in [3.8, 4) is 0 Å². The topological polar surface area (TPSA) is 0 Å². The fourth-order valence-corrected chi connectivity index (χ4v) is 0.911. The van der Waals surface area contributed by atoms with E-state index in [4.69, 9.17) is 33.2 Å². The Balaban J connectivity index is 0.000000157. The Bertz CT molecular complexity index is 243. The Morgan fingerprint density at radius 1 is 0.667 bits per heavy atom. The number of halogens is 3. The molecule has 0 amide bonds. The summed E-state index contributed by atoms with van der Waals surface area (Å²) < 4.78 is 0. The van der Waals surface area contributed by atoms with Gasteiger partial charge >= 0.3 is 6.73 Å². The smallest absolute Gasteiger partial charge is 0.125 e. The summed E-state index contributed by atoms with van der Waals surface area (Å²) in [5.41, 5.74) is 0. The maximum Gasteiger partial charge on any atom is 0.376 e. The minimum Gasteiger partial charge on any atom is -0.125 e. The van der Waals surface area contributed by atoms with Crippen LogP contribution in [0.15, 0.2) is 36.4 Å². The van der Waals surface area contributed by atoms with Crippen LogP contribution in [-0.2, 0) is 0 Å². The zero-order chi connectivity index (χ0) is 8.97. The molecule has 0 nitrogen and oxygen atoms in total. The van der Waals surface area contributed by atoms with Crippen molar-refractivity contribution in [1.29, 1.82) is 0 Å². The molecule has 0 N–H and O–H groups in total. The summed E-state index contributed by atoms with van der Waals surface area (Å²) in [7, 11) is 0. The quantitative estimate of drug-likeness (QED) is 0.480. The Hall–Kier alpha value is 0.0469. The van der Waals surface area contributed by atoms with Crippen molar-refractivity contribution in [2.75, 3.05) is 0 Å². The van der Waals surface area contributed by atoms with Crippen molar-refractivity contribution in [2.24, 2.45) is 0 Å². The molecule has 3 aromatic carbocycles. The van der Waals surface area contributed by atoms with Crippen molar-refractivity contribution in [1.82, 2.24) is 0 Å². The van der Waals surface area contributed by atoms with Gasteiger partial charge in [-0.05, 0) is 10.8 Å². The molecule has 0 aliphatic heterocycles. The minimum absolute atomic E-state index is 1.31. The molecule has 1 radical (unpaired) electrons. The van der Waals surface area contributed by atoms with Gasteiger partial charge < -0.3 is 0 Å². The summed E-state index contributed by atoms with van der Waals surface area (Å²) in [4.78, 5) is 0. The molecule has 0 fully saturated rings. The predicted molar refractivity (Wildman–Crippen MR) is 58.4 cm³/mol. The van der Waals surface area contributed by atoms with E-state index in [1.54, 1.807) is 0 Å². The van der Waals surface area contributed by atoms with Crippen molar-refractivity contribution in [2.45, 2.75) is 0 Å². The van der Waals surface area contributed by atoms with Crippen LogP contribution in [0.25, 0.3) is 10.8 Å². The largest absolute Gasteiger partial charge is 0.376 e. The van der Waals surface area contributed by atoms with E-state index >= 15 is 0 Å². The Morgan fingerprint density at radius 3 is 0.917 bits per heavy atom. The number of hydrogen-bond acceptors (Lipinski definition) is 0. The molecule has 12 heavy (non-hydrogen) atoms. The molecule has 0 aliphatic carbocycles. The van der Waals surface area contributed by atoms with Crippen LogP contribution in [0.5, 0.6) is 0 Å². The predicted octanol–water partition coefficient (Wildman–Crippen LogP) is 3.97.